The van der Waals surface area contributed by atoms with Gasteiger partial charge in [-0.25, -0.2) is 0 Å². The predicted octanol–water partition coefficient (Wildman–Crippen LogP) is 3.93. The van der Waals surface area contributed by atoms with Crippen molar-refractivity contribution in [3.8, 4) is 0 Å². The van der Waals surface area contributed by atoms with E-state index in [1.165, 1.54) is 0 Å². The van der Waals surface area contributed by atoms with Crippen molar-refractivity contribution in [3.63, 3.8) is 0 Å². The normalized spacial score (nSPS) is 12.1. The molecule has 1 atom stereocenters. The highest BCUT2D eigenvalue weighted by Crippen LogP contribution is 2.28. The molecule has 24 heavy (non-hydrogen) atoms. The molecule has 1 amide bonds. The molecule has 0 unspecified atom stereocenters. The van der Waals surface area contributed by atoms with Crippen LogP contribution in [0, 0.1) is 6.92 Å². The fourth-order valence-electron chi connectivity index (χ4n) is 2.92. The minimum atomic E-state index is -0.250. The van der Waals surface area contributed by atoms with Gasteiger partial charge in [-0.15, -0.1) is 0 Å². The number of nitrogens with one attached hydrogen (secondary N) is 1. The first-order valence-electron chi connectivity index (χ1n) is 7.99. The van der Waals surface area contributed by atoms with Gasteiger partial charge < -0.3 is 9.84 Å². The number of amides is 1. The van der Waals surface area contributed by atoms with Crippen LogP contribution in [-0.4, -0.2) is 17.1 Å². The molecule has 0 aliphatic rings. The Bertz CT molecular complexity index is 757. The first-order chi connectivity index (χ1) is 11.6. The van der Waals surface area contributed by atoms with Gasteiger partial charge in [-0.2, -0.15) is 0 Å². The van der Waals surface area contributed by atoms with E-state index in [1.54, 1.807) is 13.0 Å². The average Bonchev–Trinajstić information content (AvgIpc) is 3.04. The van der Waals surface area contributed by atoms with Crippen molar-refractivity contribution in [3.05, 3.63) is 89.3 Å². The van der Waals surface area contributed by atoms with E-state index >= 15 is 0 Å². The largest absolute Gasteiger partial charge is 0.351 e. The number of carbonyl (C=O) groups is 1. The Morgan fingerprint density at radius 3 is 2.00 bits per heavy atom. The molecule has 0 bridgehead atoms. The van der Waals surface area contributed by atoms with Crippen LogP contribution in [0.2, 0.25) is 0 Å². The van der Waals surface area contributed by atoms with Crippen LogP contribution >= 0.6 is 0 Å². The van der Waals surface area contributed by atoms with Crippen molar-refractivity contribution in [1.29, 1.82) is 0 Å². The number of rotatable bonds is 5. The van der Waals surface area contributed by atoms with Gasteiger partial charge in [-0.3, -0.25) is 4.79 Å². The third-order valence-corrected chi connectivity index (χ3v) is 4.03. The Kier molecular flexibility index (Phi) is 4.75. The molecule has 0 fully saturated rings. The Labute approximate surface area is 141 Å². The van der Waals surface area contributed by atoms with Gasteiger partial charge in [-0.05, 0) is 25.0 Å². The zero-order valence-corrected chi connectivity index (χ0v) is 13.8. The van der Waals surface area contributed by atoms with Gasteiger partial charge in [0.2, 0.25) is 5.76 Å². The van der Waals surface area contributed by atoms with E-state index in [0.717, 1.165) is 11.1 Å². The SMILES string of the molecule is Cc1cc(C(=O)N[C@H](C)C(c2ccccc2)c2ccccc2)on1. The van der Waals surface area contributed by atoms with E-state index in [9.17, 15) is 4.79 Å². The maximum Gasteiger partial charge on any atom is 0.290 e. The Hall–Kier alpha value is -2.88. The number of nitrogens with zero attached hydrogens (tertiary/aromatic N) is 1. The molecule has 4 nitrogen and oxygen atoms in total. The number of hydrogen-bond donors (Lipinski definition) is 1. The summed E-state index contributed by atoms with van der Waals surface area (Å²) in [6, 6.07) is 21.9. The van der Waals surface area contributed by atoms with Gasteiger partial charge in [-0.1, -0.05) is 65.8 Å². The van der Waals surface area contributed by atoms with Gasteiger partial charge in [0.1, 0.15) is 0 Å². The van der Waals surface area contributed by atoms with Crippen LogP contribution in [0.1, 0.15) is 40.2 Å². The van der Waals surface area contributed by atoms with Gasteiger partial charge in [0.15, 0.2) is 0 Å². The lowest BCUT2D eigenvalue weighted by atomic mass is 9.86. The third-order valence-electron chi connectivity index (χ3n) is 4.03. The molecule has 0 radical (unpaired) electrons. The van der Waals surface area contributed by atoms with E-state index in [0.29, 0.717) is 5.69 Å². The van der Waals surface area contributed by atoms with E-state index < -0.39 is 0 Å². The second kappa shape index (κ2) is 7.13. The lowest BCUT2D eigenvalue weighted by molar-refractivity contribution is 0.0899. The second-order valence-electron chi connectivity index (χ2n) is 5.89. The van der Waals surface area contributed by atoms with Crippen LogP contribution in [0.4, 0.5) is 0 Å². The fraction of sp³-hybridized carbons (Fsp3) is 0.200. The van der Waals surface area contributed by atoms with Gasteiger partial charge in [0.05, 0.1) is 5.69 Å². The molecule has 1 aromatic heterocycles. The monoisotopic (exact) mass is 320 g/mol. The van der Waals surface area contributed by atoms with E-state index in [4.69, 9.17) is 4.52 Å². The molecular formula is C20H20N2O2. The standard InChI is InChI=1S/C20H20N2O2/c1-14-13-18(24-22-14)20(23)21-15(2)19(16-9-5-3-6-10-16)17-11-7-4-8-12-17/h3-13,15,19H,1-2H3,(H,21,23)/t15-/m1/s1. The van der Waals surface area contributed by atoms with Gasteiger partial charge in [0, 0.05) is 18.0 Å². The number of aryl methyl sites for hydroxylation is 1. The second-order valence-corrected chi connectivity index (χ2v) is 5.89. The van der Waals surface area contributed by atoms with Crippen LogP contribution in [0.15, 0.2) is 71.3 Å². The molecular weight excluding hydrogens is 300 g/mol. The Morgan fingerprint density at radius 2 is 1.54 bits per heavy atom. The van der Waals surface area contributed by atoms with Crippen LogP contribution in [0.5, 0.6) is 0 Å². The van der Waals surface area contributed by atoms with E-state index in [1.807, 2.05) is 43.3 Å². The summed E-state index contributed by atoms with van der Waals surface area (Å²) < 4.78 is 5.06. The van der Waals surface area contributed by atoms with Crippen molar-refractivity contribution in [2.45, 2.75) is 25.8 Å². The van der Waals surface area contributed by atoms with Crippen molar-refractivity contribution >= 4 is 5.91 Å². The van der Waals surface area contributed by atoms with Crippen molar-refractivity contribution in [2.24, 2.45) is 0 Å². The van der Waals surface area contributed by atoms with Crippen LogP contribution < -0.4 is 5.32 Å². The number of aromatic nitrogens is 1. The van der Waals surface area contributed by atoms with Gasteiger partial charge >= 0.3 is 0 Å². The molecule has 1 N–H and O–H groups in total. The molecule has 3 aromatic rings. The highest BCUT2D eigenvalue weighted by molar-refractivity contribution is 5.91. The molecule has 4 heteroatoms. The lowest BCUT2D eigenvalue weighted by Crippen LogP contribution is -2.37. The summed E-state index contributed by atoms with van der Waals surface area (Å²) in [4.78, 5) is 12.4. The summed E-state index contributed by atoms with van der Waals surface area (Å²) in [5, 5.41) is 6.80. The molecule has 0 aliphatic heterocycles. The number of hydrogen-bond acceptors (Lipinski definition) is 3. The van der Waals surface area contributed by atoms with Crippen molar-refractivity contribution < 1.29 is 9.32 Å². The van der Waals surface area contributed by atoms with Crippen LogP contribution in [-0.2, 0) is 0 Å². The minimum absolute atomic E-state index is 0.0559. The molecule has 0 aliphatic carbocycles. The summed E-state index contributed by atoms with van der Waals surface area (Å²) >= 11 is 0. The summed E-state index contributed by atoms with van der Waals surface area (Å²) in [5.41, 5.74) is 3.01. The molecule has 0 saturated carbocycles. The first kappa shape index (κ1) is 16.0. The van der Waals surface area contributed by atoms with Crippen molar-refractivity contribution in [2.75, 3.05) is 0 Å². The van der Waals surface area contributed by atoms with Crippen LogP contribution in [0.25, 0.3) is 0 Å². The first-order valence-corrected chi connectivity index (χ1v) is 7.99. The highest BCUT2D eigenvalue weighted by atomic mass is 16.5. The molecule has 0 saturated heterocycles. The number of benzene rings is 2. The average molecular weight is 320 g/mol. The predicted molar refractivity (Wildman–Crippen MR) is 92.9 cm³/mol. The zero-order chi connectivity index (χ0) is 16.9. The Morgan fingerprint density at radius 1 is 1.00 bits per heavy atom. The third kappa shape index (κ3) is 3.54. The number of carbonyl (C=O) groups excluding carboxylic acids is 1. The van der Waals surface area contributed by atoms with E-state index in [-0.39, 0.29) is 23.6 Å². The summed E-state index contributed by atoms with van der Waals surface area (Å²) in [7, 11) is 0. The van der Waals surface area contributed by atoms with Crippen molar-refractivity contribution in [1.82, 2.24) is 10.5 Å². The summed E-state index contributed by atoms with van der Waals surface area (Å²) in [5.74, 6) is 0.0413. The minimum Gasteiger partial charge on any atom is -0.351 e. The fourth-order valence-corrected chi connectivity index (χ4v) is 2.92. The van der Waals surface area contributed by atoms with E-state index in [2.05, 4.69) is 34.7 Å². The maximum absolute atomic E-state index is 12.4. The molecule has 122 valence electrons. The zero-order valence-electron chi connectivity index (χ0n) is 13.8. The molecule has 2 aromatic carbocycles. The molecule has 1 heterocycles. The lowest BCUT2D eigenvalue weighted by Gasteiger charge is -2.25. The topological polar surface area (TPSA) is 55.1 Å². The summed E-state index contributed by atoms with van der Waals surface area (Å²) in [6.45, 7) is 3.80. The summed E-state index contributed by atoms with van der Waals surface area (Å²) in [6.07, 6.45) is 0. The van der Waals surface area contributed by atoms with Gasteiger partial charge in [0.25, 0.3) is 5.91 Å². The molecule has 0 spiro atoms. The maximum atomic E-state index is 12.4. The van der Waals surface area contributed by atoms with Crippen LogP contribution in [0.3, 0.4) is 0 Å². The Balaban J connectivity index is 1.87. The highest BCUT2D eigenvalue weighted by Gasteiger charge is 2.24. The quantitative estimate of drug-likeness (QED) is 0.775. The molecule has 3 rings (SSSR count). The smallest absolute Gasteiger partial charge is 0.290 e.